The van der Waals surface area contributed by atoms with Gasteiger partial charge in [-0.05, 0) is 35.7 Å². The van der Waals surface area contributed by atoms with Crippen molar-refractivity contribution in [2.45, 2.75) is 6.42 Å². The van der Waals surface area contributed by atoms with Crippen LogP contribution in [0, 0.1) is 0 Å². The molecule has 4 rings (SSSR count). The van der Waals surface area contributed by atoms with Crippen molar-refractivity contribution in [1.82, 2.24) is 15.0 Å². The second-order valence-corrected chi connectivity index (χ2v) is 6.75. The van der Waals surface area contributed by atoms with Crippen LogP contribution in [0.3, 0.4) is 0 Å². The van der Waals surface area contributed by atoms with E-state index in [9.17, 15) is 0 Å². The fourth-order valence-electron chi connectivity index (χ4n) is 2.84. The summed E-state index contributed by atoms with van der Waals surface area (Å²) in [6.07, 6.45) is 2.55. The Morgan fingerprint density at radius 2 is 1.76 bits per heavy atom. The molecule has 0 bridgehead atoms. The van der Waals surface area contributed by atoms with Gasteiger partial charge in [0.15, 0.2) is 0 Å². The lowest BCUT2D eigenvalue weighted by atomic mass is 10.1. The van der Waals surface area contributed by atoms with Crippen molar-refractivity contribution in [1.29, 1.82) is 0 Å². The first kappa shape index (κ1) is 15.8. The van der Waals surface area contributed by atoms with Gasteiger partial charge in [-0.25, -0.2) is 9.97 Å². The number of halogens is 1. The highest BCUT2D eigenvalue weighted by Crippen LogP contribution is 2.27. The molecule has 0 saturated heterocycles. The third-order valence-electron chi connectivity index (χ3n) is 4.13. The average Bonchev–Trinajstić information content (AvgIpc) is 3.08. The predicted octanol–water partition coefficient (Wildman–Crippen LogP) is 5.04. The molecule has 124 valence electrons. The molecule has 0 radical (unpaired) electrons. The van der Waals surface area contributed by atoms with Crippen LogP contribution < -0.4 is 5.32 Å². The lowest BCUT2D eigenvalue weighted by molar-refractivity contribution is 1.01. The van der Waals surface area contributed by atoms with Crippen LogP contribution in [-0.2, 0) is 6.42 Å². The van der Waals surface area contributed by atoms with Gasteiger partial charge in [-0.1, -0.05) is 58.4 Å². The maximum absolute atomic E-state index is 4.41. The van der Waals surface area contributed by atoms with Crippen LogP contribution in [0.4, 0.5) is 5.82 Å². The van der Waals surface area contributed by atoms with E-state index < -0.39 is 0 Å². The summed E-state index contributed by atoms with van der Waals surface area (Å²) < 4.78 is 1.07. The molecule has 0 fully saturated rings. The quantitative estimate of drug-likeness (QED) is 0.499. The summed E-state index contributed by atoms with van der Waals surface area (Å²) in [7, 11) is 0. The van der Waals surface area contributed by atoms with Gasteiger partial charge in [-0.2, -0.15) is 0 Å². The zero-order chi connectivity index (χ0) is 17.1. The minimum Gasteiger partial charge on any atom is -0.369 e. The zero-order valence-corrected chi connectivity index (χ0v) is 15.1. The molecule has 4 nitrogen and oxygen atoms in total. The molecular weight excluding hydrogens is 376 g/mol. The van der Waals surface area contributed by atoms with Gasteiger partial charge in [-0.15, -0.1) is 0 Å². The fourth-order valence-corrected chi connectivity index (χ4v) is 3.10. The van der Waals surface area contributed by atoms with E-state index in [1.165, 1.54) is 5.56 Å². The molecule has 0 unspecified atom stereocenters. The summed E-state index contributed by atoms with van der Waals surface area (Å²) in [4.78, 5) is 12.1. The summed E-state index contributed by atoms with van der Waals surface area (Å²) >= 11 is 3.47. The van der Waals surface area contributed by atoms with E-state index in [0.29, 0.717) is 0 Å². The Morgan fingerprint density at radius 3 is 2.56 bits per heavy atom. The van der Waals surface area contributed by atoms with Gasteiger partial charge < -0.3 is 10.3 Å². The molecule has 2 heterocycles. The molecule has 5 heteroatoms. The van der Waals surface area contributed by atoms with Gasteiger partial charge in [-0.3, -0.25) is 0 Å². The molecule has 4 aromatic rings. The smallest absolute Gasteiger partial charge is 0.143 e. The van der Waals surface area contributed by atoms with Gasteiger partial charge in [0.05, 0.1) is 5.39 Å². The van der Waals surface area contributed by atoms with Crippen LogP contribution in [0.5, 0.6) is 0 Å². The monoisotopic (exact) mass is 392 g/mol. The fraction of sp³-hybridized carbons (Fsp3) is 0.100. The number of aromatic amines is 1. The number of nitrogens with one attached hydrogen (secondary N) is 2. The second-order valence-electron chi connectivity index (χ2n) is 5.84. The Labute approximate surface area is 154 Å². The summed E-state index contributed by atoms with van der Waals surface area (Å²) in [5, 5.41) is 4.44. The van der Waals surface area contributed by atoms with Crippen molar-refractivity contribution in [2.75, 3.05) is 11.9 Å². The largest absolute Gasteiger partial charge is 0.369 e. The van der Waals surface area contributed by atoms with E-state index >= 15 is 0 Å². The Balaban J connectivity index is 1.56. The minimum atomic E-state index is 0.828. The van der Waals surface area contributed by atoms with Crippen LogP contribution in [-0.4, -0.2) is 21.5 Å². The van der Waals surface area contributed by atoms with Crippen LogP contribution in [0.2, 0.25) is 0 Å². The van der Waals surface area contributed by atoms with E-state index in [0.717, 1.165) is 45.5 Å². The molecule has 0 aliphatic heterocycles. The molecule has 0 saturated carbocycles. The topological polar surface area (TPSA) is 53.6 Å². The number of nitrogens with zero attached hydrogens (tertiary/aromatic N) is 2. The SMILES string of the molecule is Brc1ccc(-c2cc3c(NCCc4ccccc4)ncnc3[nH]2)cc1. The number of hydrogen-bond acceptors (Lipinski definition) is 3. The molecule has 0 spiro atoms. The van der Waals surface area contributed by atoms with E-state index in [4.69, 9.17) is 0 Å². The Kier molecular flexibility index (Phi) is 4.48. The molecule has 25 heavy (non-hydrogen) atoms. The van der Waals surface area contributed by atoms with Crippen molar-refractivity contribution in [3.63, 3.8) is 0 Å². The molecule has 2 N–H and O–H groups in total. The Hall–Kier alpha value is -2.66. The predicted molar refractivity (Wildman–Crippen MR) is 106 cm³/mol. The van der Waals surface area contributed by atoms with Crippen molar-refractivity contribution in [2.24, 2.45) is 0 Å². The van der Waals surface area contributed by atoms with Gasteiger partial charge in [0.25, 0.3) is 0 Å². The number of aromatic nitrogens is 3. The second kappa shape index (κ2) is 7.07. The third kappa shape index (κ3) is 3.56. The van der Waals surface area contributed by atoms with Gasteiger partial charge in [0.2, 0.25) is 0 Å². The molecule has 2 aromatic heterocycles. The first-order valence-corrected chi connectivity index (χ1v) is 8.96. The maximum atomic E-state index is 4.41. The molecule has 0 aliphatic carbocycles. The van der Waals surface area contributed by atoms with E-state index in [2.05, 4.69) is 78.7 Å². The summed E-state index contributed by atoms with van der Waals surface area (Å²) in [6.45, 7) is 0.828. The highest BCUT2D eigenvalue weighted by atomic mass is 79.9. The standard InChI is InChI=1S/C20H17BrN4/c21-16-8-6-15(7-9-16)18-12-17-19(23-13-24-20(17)25-18)22-11-10-14-4-2-1-3-5-14/h1-9,12-13H,10-11H2,(H2,22,23,24,25). The van der Waals surface area contributed by atoms with E-state index in [-0.39, 0.29) is 0 Å². The van der Waals surface area contributed by atoms with E-state index in [1.807, 2.05) is 18.2 Å². The lowest BCUT2D eigenvalue weighted by Crippen LogP contribution is -2.06. The Bertz CT molecular complexity index is 978. The maximum Gasteiger partial charge on any atom is 0.143 e. The Morgan fingerprint density at radius 1 is 0.960 bits per heavy atom. The normalized spacial score (nSPS) is 10.9. The number of hydrogen-bond donors (Lipinski definition) is 2. The van der Waals surface area contributed by atoms with Crippen LogP contribution >= 0.6 is 15.9 Å². The molecule has 0 amide bonds. The number of fused-ring (bicyclic) bond motifs is 1. The van der Waals surface area contributed by atoms with Crippen molar-refractivity contribution in [3.8, 4) is 11.3 Å². The molecule has 2 aromatic carbocycles. The summed E-state index contributed by atoms with van der Waals surface area (Å²) in [6, 6.07) is 20.8. The van der Waals surface area contributed by atoms with Crippen molar-refractivity contribution >= 4 is 32.8 Å². The van der Waals surface area contributed by atoms with Crippen LogP contribution in [0.1, 0.15) is 5.56 Å². The van der Waals surface area contributed by atoms with Crippen molar-refractivity contribution < 1.29 is 0 Å². The zero-order valence-electron chi connectivity index (χ0n) is 13.5. The van der Waals surface area contributed by atoms with Gasteiger partial charge >= 0.3 is 0 Å². The first-order valence-electron chi connectivity index (χ1n) is 8.17. The molecule has 0 aliphatic rings. The average molecular weight is 393 g/mol. The number of benzene rings is 2. The first-order chi connectivity index (χ1) is 12.3. The van der Waals surface area contributed by atoms with Gasteiger partial charge in [0.1, 0.15) is 17.8 Å². The van der Waals surface area contributed by atoms with Gasteiger partial charge in [0, 0.05) is 16.7 Å². The van der Waals surface area contributed by atoms with Crippen molar-refractivity contribution in [3.05, 3.63) is 77.0 Å². The minimum absolute atomic E-state index is 0.828. The van der Waals surface area contributed by atoms with E-state index in [1.54, 1.807) is 6.33 Å². The number of H-pyrrole nitrogens is 1. The molecular formula is C20H17BrN4. The number of anilines is 1. The van der Waals surface area contributed by atoms with Crippen LogP contribution in [0.15, 0.2) is 71.5 Å². The third-order valence-corrected chi connectivity index (χ3v) is 4.66. The highest BCUT2D eigenvalue weighted by Gasteiger charge is 2.09. The molecule has 0 atom stereocenters. The van der Waals surface area contributed by atoms with Crippen LogP contribution in [0.25, 0.3) is 22.3 Å². The number of rotatable bonds is 5. The summed E-state index contributed by atoms with van der Waals surface area (Å²) in [5.41, 5.74) is 4.31. The summed E-state index contributed by atoms with van der Waals surface area (Å²) in [5.74, 6) is 0.862. The lowest BCUT2D eigenvalue weighted by Gasteiger charge is -2.06. The highest BCUT2D eigenvalue weighted by molar-refractivity contribution is 9.10.